The predicted molar refractivity (Wildman–Crippen MR) is 99.7 cm³/mol. The molecule has 0 aliphatic carbocycles. The van der Waals surface area contributed by atoms with Crippen molar-refractivity contribution in [3.63, 3.8) is 0 Å². The normalized spacial score (nSPS) is 10.9. The van der Waals surface area contributed by atoms with E-state index in [4.69, 9.17) is 32.7 Å². The van der Waals surface area contributed by atoms with Crippen molar-refractivity contribution in [2.75, 3.05) is 7.11 Å². The van der Waals surface area contributed by atoms with Gasteiger partial charge in [-0.25, -0.2) is 14.6 Å². The Kier molecular flexibility index (Phi) is 4.36. The van der Waals surface area contributed by atoms with Crippen LogP contribution < -0.4 is 9.47 Å². The minimum absolute atomic E-state index is 0.363. The van der Waals surface area contributed by atoms with Gasteiger partial charge in [0.15, 0.2) is 5.65 Å². The first-order valence-electron chi connectivity index (χ1n) is 7.62. The summed E-state index contributed by atoms with van der Waals surface area (Å²) in [5.74, 6) is 1.59. The monoisotopic (exact) mass is 386 g/mol. The first kappa shape index (κ1) is 16.6. The van der Waals surface area contributed by atoms with E-state index >= 15 is 0 Å². The van der Waals surface area contributed by atoms with E-state index in [2.05, 4.69) is 15.1 Å². The molecular weight excluding hydrogens is 375 g/mol. The summed E-state index contributed by atoms with van der Waals surface area (Å²) in [6.45, 7) is 0. The second-order valence-electron chi connectivity index (χ2n) is 5.36. The van der Waals surface area contributed by atoms with E-state index in [1.54, 1.807) is 36.2 Å². The molecule has 0 atom stereocenters. The Labute approximate surface area is 158 Å². The first-order chi connectivity index (χ1) is 12.7. The Bertz CT molecular complexity index is 1100. The van der Waals surface area contributed by atoms with E-state index in [9.17, 15) is 0 Å². The zero-order chi connectivity index (χ0) is 18.1. The maximum Gasteiger partial charge on any atom is 0.249 e. The lowest BCUT2D eigenvalue weighted by atomic mass is 10.3. The van der Waals surface area contributed by atoms with Gasteiger partial charge >= 0.3 is 0 Å². The fourth-order valence-corrected chi connectivity index (χ4v) is 2.77. The third kappa shape index (κ3) is 3.05. The van der Waals surface area contributed by atoms with Crippen LogP contribution in [0.15, 0.2) is 55.0 Å². The SMILES string of the molecule is COc1cccc(-n2nc(Oc3ccc(Cl)c(Cl)c3)c3cncnc32)c1. The molecular formula is C18H12Cl2N4O2. The summed E-state index contributed by atoms with van der Waals surface area (Å²) in [7, 11) is 1.61. The van der Waals surface area contributed by atoms with Gasteiger partial charge in [-0.15, -0.1) is 5.10 Å². The zero-order valence-electron chi connectivity index (χ0n) is 13.6. The number of ether oxygens (including phenoxy) is 2. The number of hydrogen-bond donors (Lipinski definition) is 0. The van der Waals surface area contributed by atoms with Gasteiger partial charge in [0.2, 0.25) is 5.88 Å². The third-order valence-corrected chi connectivity index (χ3v) is 4.46. The Morgan fingerprint density at radius 3 is 2.69 bits per heavy atom. The minimum atomic E-state index is 0.363. The van der Waals surface area contributed by atoms with Crippen LogP contribution in [-0.4, -0.2) is 26.9 Å². The molecule has 2 heterocycles. The molecule has 2 aromatic heterocycles. The van der Waals surface area contributed by atoms with Crippen molar-refractivity contribution in [3.05, 3.63) is 65.0 Å². The van der Waals surface area contributed by atoms with Crippen molar-refractivity contribution in [2.24, 2.45) is 0 Å². The van der Waals surface area contributed by atoms with Gasteiger partial charge in [0, 0.05) is 18.3 Å². The molecule has 0 aliphatic rings. The van der Waals surface area contributed by atoms with Gasteiger partial charge in [-0.2, -0.15) is 0 Å². The summed E-state index contributed by atoms with van der Waals surface area (Å²) >= 11 is 12.0. The summed E-state index contributed by atoms with van der Waals surface area (Å²) in [6.07, 6.45) is 3.11. The number of hydrogen-bond acceptors (Lipinski definition) is 5. The summed E-state index contributed by atoms with van der Waals surface area (Å²) in [4.78, 5) is 8.40. The lowest BCUT2D eigenvalue weighted by molar-refractivity contribution is 0.414. The Hall–Kier alpha value is -2.83. The van der Waals surface area contributed by atoms with Gasteiger partial charge in [-0.3, -0.25) is 0 Å². The molecule has 0 saturated heterocycles. The van der Waals surface area contributed by atoms with Crippen LogP contribution >= 0.6 is 23.2 Å². The average Bonchev–Trinajstić information content (AvgIpc) is 3.03. The van der Waals surface area contributed by atoms with Gasteiger partial charge in [-0.1, -0.05) is 29.3 Å². The molecule has 0 radical (unpaired) electrons. The molecule has 26 heavy (non-hydrogen) atoms. The molecule has 0 unspecified atom stereocenters. The lowest BCUT2D eigenvalue weighted by Gasteiger charge is -2.05. The molecule has 4 aromatic rings. The predicted octanol–water partition coefficient (Wildman–Crippen LogP) is 4.92. The number of fused-ring (bicyclic) bond motifs is 1. The van der Waals surface area contributed by atoms with Gasteiger partial charge in [-0.05, 0) is 24.3 Å². The van der Waals surface area contributed by atoms with Crippen LogP contribution in [0.5, 0.6) is 17.4 Å². The standard InChI is InChI=1S/C18H12Cl2N4O2/c1-25-12-4-2-3-11(7-12)24-17-14(9-21-10-22-17)18(23-24)26-13-5-6-15(19)16(20)8-13/h2-10H,1H3. The molecule has 130 valence electrons. The molecule has 8 heteroatoms. The van der Waals surface area contributed by atoms with Crippen LogP contribution in [0.25, 0.3) is 16.7 Å². The first-order valence-corrected chi connectivity index (χ1v) is 8.37. The van der Waals surface area contributed by atoms with Crippen molar-refractivity contribution in [1.82, 2.24) is 19.7 Å². The topological polar surface area (TPSA) is 62.1 Å². The molecule has 4 rings (SSSR count). The van der Waals surface area contributed by atoms with Crippen molar-refractivity contribution < 1.29 is 9.47 Å². The smallest absolute Gasteiger partial charge is 0.249 e. The Morgan fingerprint density at radius 2 is 1.88 bits per heavy atom. The summed E-state index contributed by atoms with van der Waals surface area (Å²) in [6, 6.07) is 12.5. The lowest BCUT2D eigenvalue weighted by Crippen LogP contribution is -1.98. The zero-order valence-corrected chi connectivity index (χ0v) is 15.1. The van der Waals surface area contributed by atoms with E-state index in [0.29, 0.717) is 38.5 Å². The summed E-state index contributed by atoms with van der Waals surface area (Å²) in [5, 5.41) is 6.06. The maximum absolute atomic E-state index is 6.06. The molecule has 0 aliphatic heterocycles. The van der Waals surface area contributed by atoms with E-state index < -0.39 is 0 Å². The van der Waals surface area contributed by atoms with E-state index in [-0.39, 0.29) is 0 Å². The molecule has 0 saturated carbocycles. The summed E-state index contributed by atoms with van der Waals surface area (Å²) < 4.78 is 12.9. The second-order valence-corrected chi connectivity index (χ2v) is 6.17. The van der Waals surface area contributed by atoms with Gasteiger partial charge in [0.05, 0.1) is 22.8 Å². The highest BCUT2D eigenvalue weighted by atomic mass is 35.5. The molecule has 0 bridgehead atoms. The highest BCUT2D eigenvalue weighted by molar-refractivity contribution is 6.42. The van der Waals surface area contributed by atoms with Crippen LogP contribution in [0, 0.1) is 0 Å². The average molecular weight is 387 g/mol. The highest BCUT2D eigenvalue weighted by Gasteiger charge is 2.16. The van der Waals surface area contributed by atoms with Crippen LogP contribution in [-0.2, 0) is 0 Å². The fourth-order valence-electron chi connectivity index (χ4n) is 2.48. The fraction of sp³-hybridized carbons (Fsp3) is 0.0556. The molecule has 0 amide bonds. The van der Waals surface area contributed by atoms with Crippen molar-refractivity contribution in [3.8, 4) is 23.1 Å². The van der Waals surface area contributed by atoms with Gasteiger partial charge in [0.25, 0.3) is 0 Å². The molecule has 0 fully saturated rings. The van der Waals surface area contributed by atoms with Crippen molar-refractivity contribution in [1.29, 1.82) is 0 Å². The second kappa shape index (κ2) is 6.82. The number of halogens is 2. The van der Waals surface area contributed by atoms with E-state index in [0.717, 1.165) is 5.69 Å². The Balaban J connectivity index is 1.82. The number of benzene rings is 2. The molecule has 0 N–H and O–H groups in total. The Morgan fingerprint density at radius 1 is 1.00 bits per heavy atom. The number of rotatable bonds is 4. The number of aromatic nitrogens is 4. The van der Waals surface area contributed by atoms with Crippen LogP contribution in [0.2, 0.25) is 10.0 Å². The van der Waals surface area contributed by atoms with Crippen LogP contribution in [0.1, 0.15) is 0 Å². The molecule has 2 aromatic carbocycles. The van der Waals surface area contributed by atoms with Gasteiger partial charge in [0.1, 0.15) is 23.2 Å². The third-order valence-electron chi connectivity index (χ3n) is 3.72. The van der Waals surface area contributed by atoms with E-state index in [1.165, 1.54) is 6.33 Å². The van der Waals surface area contributed by atoms with Crippen molar-refractivity contribution in [2.45, 2.75) is 0 Å². The maximum atomic E-state index is 6.06. The summed E-state index contributed by atoms with van der Waals surface area (Å²) in [5.41, 5.74) is 1.40. The van der Waals surface area contributed by atoms with Gasteiger partial charge < -0.3 is 9.47 Å². The minimum Gasteiger partial charge on any atom is -0.497 e. The molecule has 0 spiro atoms. The van der Waals surface area contributed by atoms with Crippen molar-refractivity contribution >= 4 is 34.2 Å². The quantitative estimate of drug-likeness (QED) is 0.497. The van der Waals surface area contributed by atoms with Crippen LogP contribution in [0.4, 0.5) is 0 Å². The largest absolute Gasteiger partial charge is 0.497 e. The number of methoxy groups -OCH3 is 1. The molecule has 6 nitrogen and oxygen atoms in total. The number of nitrogens with zero attached hydrogens (tertiary/aromatic N) is 4. The highest BCUT2D eigenvalue weighted by Crippen LogP contribution is 2.33. The van der Waals surface area contributed by atoms with E-state index in [1.807, 2.05) is 24.3 Å². The van der Waals surface area contributed by atoms with Crippen LogP contribution in [0.3, 0.4) is 0 Å².